The molecule has 1 heterocycles. The SMILES string of the molecule is CC1CC(c2ccc(Oc3ccccc3)cc2)N1. The van der Waals surface area contributed by atoms with E-state index in [2.05, 4.69) is 24.4 Å². The van der Waals surface area contributed by atoms with Crippen molar-refractivity contribution >= 4 is 0 Å². The Kier molecular flexibility index (Phi) is 3.03. The minimum absolute atomic E-state index is 0.519. The Hall–Kier alpha value is -1.80. The van der Waals surface area contributed by atoms with Crippen molar-refractivity contribution in [2.75, 3.05) is 0 Å². The molecule has 0 aromatic heterocycles. The van der Waals surface area contributed by atoms with Gasteiger partial charge in [-0.15, -0.1) is 0 Å². The minimum Gasteiger partial charge on any atom is -0.457 e. The van der Waals surface area contributed by atoms with Gasteiger partial charge in [-0.05, 0) is 43.2 Å². The van der Waals surface area contributed by atoms with Crippen LogP contribution in [0.5, 0.6) is 11.5 Å². The van der Waals surface area contributed by atoms with Gasteiger partial charge in [0, 0.05) is 12.1 Å². The molecular weight excluding hydrogens is 222 g/mol. The summed E-state index contributed by atoms with van der Waals surface area (Å²) in [5.41, 5.74) is 1.34. The zero-order chi connectivity index (χ0) is 12.4. The molecule has 1 aliphatic heterocycles. The maximum atomic E-state index is 5.77. The molecular formula is C16H17NO. The molecule has 0 bridgehead atoms. The van der Waals surface area contributed by atoms with Crippen LogP contribution in [-0.2, 0) is 0 Å². The van der Waals surface area contributed by atoms with Gasteiger partial charge in [0.2, 0.25) is 0 Å². The van der Waals surface area contributed by atoms with Gasteiger partial charge in [0.05, 0.1) is 0 Å². The molecule has 2 heteroatoms. The second-order valence-corrected chi connectivity index (χ2v) is 4.84. The van der Waals surface area contributed by atoms with Crippen LogP contribution in [-0.4, -0.2) is 6.04 Å². The zero-order valence-corrected chi connectivity index (χ0v) is 10.5. The molecule has 92 valence electrons. The van der Waals surface area contributed by atoms with Crippen molar-refractivity contribution in [3.63, 3.8) is 0 Å². The van der Waals surface area contributed by atoms with E-state index in [0.717, 1.165) is 11.5 Å². The quantitative estimate of drug-likeness (QED) is 0.877. The first kappa shape index (κ1) is 11.3. The van der Waals surface area contributed by atoms with Crippen LogP contribution in [0.15, 0.2) is 54.6 Å². The van der Waals surface area contributed by atoms with Crippen LogP contribution in [0.2, 0.25) is 0 Å². The fourth-order valence-corrected chi connectivity index (χ4v) is 2.30. The molecule has 3 rings (SSSR count). The van der Waals surface area contributed by atoms with Crippen molar-refractivity contribution < 1.29 is 4.74 Å². The second kappa shape index (κ2) is 4.83. The van der Waals surface area contributed by atoms with E-state index in [-0.39, 0.29) is 0 Å². The molecule has 1 N–H and O–H groups in total. The van der Waals surface area contributed by atoms with Crippen LogP contribution in [0, 0.1) is 0 Å². The highest BCUT2D eigenvalue weighted by molar-refractivity contribution is 5.34. The molecule has 1 aliphatic rings. The third-order valence-electron chi connectivity index (χ3n) is 3.34. The highest BCUT2D eigenvalue weighted by Gasteiger charge is 2.25. The summed E-state index contributed by atoms with van der Waals surface area (Å²) in [6.45, 7) is 2.21. The molecule has 0 spiro atoms. The van der Waals surface area contributed by atoms with Crippen molar-refractivity contribution in [2.45, 2.75) is 25.4 Å². The smallest absolute Gasteiger partial charge is 0.127 e. The molecule has 2 atom stereocenters. The summed E-state index contributed by atoms with van der Waals surface area (Å²) in [5, 5.41) is 3.49. The summed E-state index contributed by atoms with van der Waals surface area (Å²) in [4.78, 5) is 0. The van der Waals surface area contributed by atoms with Gasteiger partial charge in [-0.2, -0.15) is 0 Å². The minimum atomic E-state index is 0.519. The summed E-state index contributed by atoms with van der Waals surface area (Å²) >= 11 is 0. The van der Waals surface area contributed by atoms with Crippen LogP contribution in [0.25, 0.3) is 0 Å². The van der Waals surface area contributed by atoms with E-state index in [1.807, 2.05) is 42.5 Å². The first-order chi connectivity index (χ1) is 8.81. The maximum absolute atomic E-state index is 5.77. The van der Waals surface area contributed by atoms with Crippen LogP contribution in [0.3, 0.4) is 0 Å². The molecule has 1 saturated heterocycles. The standard InChI is InChI=1S/C16H17NO/c1-12-11-16(17-12)13-7-9-15(10-8-13)18-14-5-3-2-4-6-14/h2-10,12,16-17H,11H2,1H3. The summed E-state index contributed by atoms with van der Waals surface area (Å²) in [7, 11) is 0. The third kappa shape index (κ3) is 2.39. The first-order valence-electron chi connectivity index (χ1n) is 6.40. The van der Waals surface area contributed by atoms with Gasteiger partial charge < -0.3 is 10.1 Å². The Morgan fingerprint density at radius 2 is 1.56 bits per heavy atom. The monoisotopic (exact) mass is 239 g/mol. The lowest BCUT2D eigenvalue weighted by Crippen LogP contribution is -2.43. The predicted molar refractivity (Wildman–Crippen MR) is 72.9 cm³/mol. The van der Waals surface area contributed by atoms with Crippen molar-refractivity contribution in [1.82, 2.24) is 5.32 Å². The van der Waals surface area contributed by atoms with Gasteiger partial charge in [-0.1, -0.05) is 30.3 Å². The molecule has 0 aliphatic carbocycles. The molecule has 0 amide bonds. The van der Waals surface area contributed by atoms with Gasteiger partial charge in [0.25, 0.3) is 0 Å². The van der Waals surface area contributed by atoms with Gasteiger partial charge in [-0.3, -0.25) is 0 Å². The largest absolute Gasteiger partial charge is 0.457 e. The van der Waals surface area contributed by atoms with Crippen molar-refractivity contribution in [2.24, 2.45) is 0 Å². The average molecular weight is 239 g/mol. The van der Waals surface area contributed by atoms with Crippen molar-refractivity contribution in [3.8, 4) is 11.5 Å². The second-order valence-electron chi connectivity index (χ2n) is 4.84. The van der Waals surface area contributed by atoms with Gasteiger partial charge in [-0.25, -0.2) is 0 Å². The number of ether oxygens (including phenoxy) is 1. The lowest BCUT2D eigenvalue weighted by molar-refractivity contribution is 0.287. The van der Waals surface area contributed by atoms with E-state index < -0.39 is 0 Å². The third-order valence-corrected chi connectivity index (χ3v) is 3.34. The van der Waals surface area contributed by atoms with Crippen LogP contribution >= 0.6 is 0 Å². The number of para-hydroxylation sites is 1. The highest BCUT2D eigenvalue weighted by Crippen LogP contribution is 2.29. The average Bonchev–Trinajstić information content (AvgIpc) is 2.38. The molecule has 2 nitrogen and oxygen atoms in total. The van der Waals surface area contributed by atoms with E-state index in [1.54, 1.807) is 0 Å². The Balaban J connectivity index is 1.68. The topological polar surface area (TPSA) is 21.3 Å². The molecule has 1 fully saturated rings. The summed E-state index contributed by atoms with van der Waals surface area (Å²) in [6, 6.07) is 19.4. The highest BCUT2D eigenvalue weighted by atomic mass is 16.5. The van der Waals surface area contributed by atoms with Crippen molar-refractivity contribution in [1.29, 1.82) is 0 Å². The van der Waals surface area contributed by atoms with Gasteiger partial charge in [0.15, 0.2) is 0 Å². The summed E-state index contributed by atoms with van der Waals surface area (Å²) in [6.07, 6.45) is 1.22. The predicted octanol–water partition coefficient (Wildman–Crippen LogP) is 3.90. The lowest BCUT2D eigenvalue weighted by Gasteiger charge is -2.35. The van der Waals surface area contributed by atoms with Crippen LogP contribution in [0.1, 0.15) is 24.9 Å². The Labute approximate surface area is 108 Å². The Bertz CT molecular complexity index is 500. The number of benzene rings is 2. The fraction of sp³-hybridized carbons (Fsp3) is 0.250. The van der Waals surface area contributed by atoms with Crippen molar-refractivity contribution in [3.05, 3.63) is 60.2 Å². The van der Waals surface area contributed by atoms with E-state index in [4.69, 9.17) is 4.74 Å². The molecule has 0 saturated carbocycles. The van der Waals surface area contributed by atoms with E-state index in [1.165, 1.54) is 12.0 Å². The molecule has 2 aromatic rings. The normalized spacial score (nSPS) is 22.3. The number of nitrogens with one attached hydrogen (secondary N) is 1. The van der Waals surface area contributed by atoms with Crippen LogP contribution in [0.4, 0.5) is 0 Å². The zero-order valence-electron chi connectivity index (χ0n) is 10.5. The summed E-state index contributed by atoms with van der Waals surface area (Å²) < 4.78 is 5.77. The lowest BCUT2D eigenvalue weighted by atomic mass is 9.92. The number of hydrogen-bond donors (Lipinski definition) is 1. The molecule has 0 radical (unpaired) electrons. The van der Waals surface area contributed by atoms with Gasteiger partial charge >= 0.3 is 0 Å². The van der Waals surface area contributed by atoms with Crippen LogP contribution < -0.4 is 10.1 Å². The molecule has 2 aromatic carbocycles. The van der Waals surface area contributed by atoms with E-state index in [0.29, 0.717) is 12.1 Å². The van der Waals surface area contributed by atoms with E-state index in [9.17, 15) is 0 Å². The number of rotatable bonds is 3. The first-order valence-corrected chi connectivity index (χ1v) is 6.40. The Morgan fingerprint density at radius 1 is 0.944 bits per heavy atom. The van der Waals surface area contributed by atoms with E-state index >= 15 is 0 Å². The molecule has 18 heavy (non-hydrogen) atoms. The number of hydrogen-bond acceptors (Lipinski definition) is 2. The Morgan fingerprint density at radius 3 is 2.17 bits per heavy atom. The summed E-state index contributed by atoms with van der Waals surface area (Å²) in [5.74, 6) is 1.76. The molecule has 2 unspecified atom stereocenters. The fourth-order valence-electron chi connectivity index (χ4n) is 2.30. The van der Waals surface area contributed by atoms with Gasteiger partial charge in [0.1, 0.15) is 11.5 Å². The maximum Gasteiger partial charge on any atom is 0.127 e.